The quantitative estimate of drug-likeness (QED) is 0.364. The Morgan fingerprint density at radius 3 is 2.33 bits per heavy atom. The van der Waals surface area contributed by atoms with Gasteiger partial charge in [0, 0.05) is 6.92 Å². The van der Waals surface area contributed by atoms with Crippen LogP contribution in [0.2, 0.25) is 0 Å². The Kier molecular flexibility index (Phi) is 2.35. The van der Waals surface area contributed by atoms with Gasteiger partial charge in [-0.05, 0) is 5.04 Å². The first kappa shape index (κ1) is 5.39. The van der Waals surface area contributed by atoms with E-state index in [1.165, 1.54) is 0 Å². The average molecular weight is 92.0 g/mol. The first-order chi connectivity index (χ1) is 2.77. The van der Waals surface area contributed by atoms with Crippen molar-refractivity contribution in [1.82, 2.24) is 0 Å². The molecule has 0 saturated heterocycles. The lowest BCUT2D eigenvalue weighted by molar-refractivity contribution is -0.461. The second kappa shape index (κ2) is 2.62. The van der Waals surface area contributed by atoms with Gasteiger partial charge >= 0.3 is 5.97 Å². The molecule has 0 aromatic heterocycles. The fourth-order valence-corrected chi connectivity index (χ4v) is 0.0525. The van der Waals surface area contributed by atoms with Crippen molar-refractivity contribution in [1.29, 1.82) is 0 Å². The van der Waals surface area contributed by atoms with Gasteiger partial charge in [-0.3, -0.25) is 4.89 Å². The van der Waals surface area contributed by atoms with Crippen molar-refractivity contribution >= 4 is 5.97 Å². The van der Waals surface area contributed by atoms with Crippen LogP contribution in [0.5, 0.6) is 0 Å². The van der Waals surface area contributed by atoms with Crippen LogP contribution in [0.4, 0.5) is 0 Å². The fourth-order valence-electron chi connectivity index (χ4n) is 0.0525. The van der Waals surface area contributed by atoms with Crippen LogP contribution < -0.4 is 0 Å². The molecule has 0 aromatic carbocycles. The van der Waals surface area contributed by atoms with E-state index in [2.05, 4.69) is 9.93 Å². The SMILES string of the molecule is CC(=O)OOO. The predicted octanol–water partition coefficient (Wildman–Crippen LogP) is -0.0459. The lowest BCUT2D eigenvalue weighted by Crippen LogP contribution is -1.95. The molecule has 0 unspecified atom stereocenters. The molecular weight excluding hydrogens is 88.0 g/mol. The molecule has 0 heterocycles. The zero-order valence-electron chi connectivity index (χ0n) is 3.17. The highest BCUT2D eigenvalue weighted by Crippen LogP contribution is 1.69. The Balaban J connectivity index is 2.83. The van der Waals surface area contributed by atoms with E-state index in [4.69, 9.17) is 5.26 Å². The number of rotatable bonds is 1. The molecule has 0 rings (SSSR count). The normalized spacial score (nSPS) is 7.67. The standard InChI is InChI=1S/C2H4O4/c1-2(3)5-6-4/h4H,1H3. The summed E-state index contributed by atoms with van der Waals surface area (Å²) in [4.78, 5) is 13.0. The minimum absolute atomic E-state index is 0.683. The average Bonchev–Trinajstić information content (AvgIpc) is 1.35. The van der Waals surface area contributed by atoms with Crippen LogP contribution in [-0.2, 0) is 14.7 Å². The number of carbonyl (C=O) groups is 1. The van der Waals surface area contributed by atoms with Crippen LogP contribution in [0.15, 0.2) is 0 Å². The summed E-state index contributed by atoms with van der Waals surface area (Å²) >= 11 is 0. The van der Waals surface area contributed by atoms with Crippen molar-refractivity contribution in [3.05, 3.63) is 0 Å². The van der Waals surface area contributed by atoms with E-state index in [1.54, 1.807) is 0 Å². The van der Waals surface area contributed by atoms with Crippen molar-refractivity contribution in [2.75, 3.05) is 0 Å². The van der Waals surface area contributed by atoms with E-state index >= 15 is 0 Å². The lowest BCUT2D eigenvalue weighted by Gasteiger charge is -1.84. The Hall–Kier alpha value is -0.610. The van der Waals surface area contributed by atoms with Crippen LogP contribution in [0.3, 0.4) is 0 Å². The first-order valence-corrected chi connectivity index (χ1v) is 1.26. The van der Waals surface area contributed by atoms with Gasteiger partial charge in [0.2, 0.25) is 0 Å². The highest BCUT2D eigenvalue weighted by molar-refractivity contribution is 5.65. The largest absolute Gasteiger partial charge is 0.342 e. The molecule has 0 saturated carbocycles. The van der Waals surface area contributed by atoms with Crippen molar-refractivity contribution in [2.45, 2.75) is 6.92 Å². The third kappa shape index (κ3) is 3.39. The maximum Gasteiger partial charge on any atom is 0.342 e. The summed E-state index contributed by atoms with van der Waals surface area (Å²) in [6.45, 7) is 1.11. The molecule has 6 heavy (non-hydrogen) atoms. The number of carbonyl (C=O) groups excluding carboxylic acids is 1. The second-order valence-electron chi connectivity index (χ2n) is 0.649. The minimum Gasteiger partial charge on any atom is -0.269 e. The summed E-state index contributed by atoms with van der Waals surface area (Å²) < 4.78 is 0. The van der Waals surface area contributed by atoms with E-state index in [0.29, 0.717) is 0 Å². The molecule has 0 bridgehead atoms. The third-order valence-corrected chi connectivity index (χ3v) is 0.155. The molecule has 0 fully saturated rings. The van der Waals surface area contributed by atoms with Gasteiger partial charge < -0.3 is 0 Å². The van der Waals surface area contributed by atoms with E-state index in [9.17, 15) is 4.79 Å². The molecule has 0 aliphatic carbocycles. The zero-order chi connectivity index (χ0) is 4.99. The summed E-state index contributed by atoms with van der Waals surface area (Å²) in [7, 11) is 0. The molecule has 0 atom stereocenters. The van der Waals surface area contributed by atoms with Gasteiger partial charge in [0.25, 0.3) is 0 Å². The fraction of sp³-hybridized carbons (Fsp3) is 0.500. The van der Waals surface area contributed by atoms with Crippen molar-refractivity contribution < 1.29 is 20.0 Å². The van der Waals surface area contributed by atoms with Gasteiger partial charge in [-0.25, -0.2) is 10.1 Å². The minimum atomic E-state index is -0.683. The highest BCUT2D eigenvalue weighted by Gasteiger charge is 1.85. The molecular formula is C2H4O4. The van der Waals surface area contributed by atoms with Gasteiger partial charge in [-0.2, -0.15) is 0 Å². The molecule has 4 heteroatoms. The van der Waals surface area contributed by atoms with Crippen molar-refractivity contribution in [2.24, 2.45) is 0 Å². The van der Waals surface area contributed by atoms with Gasteiger partial charge in [0.1, 0.15) is 0 Å². The Labute approximate surface area is 34.1 Å². The zero-order valence-corrected chi connectivity index (χ0v) is 3.17. The summed E-state index contributed by atoms with van der Waals surface area (Å²) in [5.74, 6) is -0.683. The van der Waals surface area contributed by atoms with E-state index in [-0.39, 0.29) is 0 Å². The van der Waals surface area contributed by atoms with Gasteiger partial charge in [-0.1, -0.05) is 0 Å². The van der Waals surface area contributed by atoms with Crippen LogP contribution in [-0.4, -0.2) is 11.2 Å². The molecule has 36 valence electrons. The van der Waals surface area contributed by atoms with Crippen LogP contribution in [0.1, 0.15) is 6.92 Å². The molecule has 1 N–H and O–H groups in total. The molecule has 0 spiro atoms. The van der Waals surface area contributed by atoms with Crippen LogP contribution >= 0.6 is 0 Å². The topological polar surface area (TPSA) is 55.8 Å². The van der Waals surface area contributed by atoms with Crippen molar-refractivity contribution in [3.8, 4) is 0 Å². The lowest BCUT2D eigenvalue weighted by atomic mass is 10.9. The summed E-state index contributed by atoms with van der Waals surface area (Å²) in [6.07, 6.45) is 0. The molecule has 0 aliphatic rings. The first-order valence-electron chi connectivity index (χ1n) is 1.26. The smallest absolute Gasteiger partial charge is 0.269 e. The highest BCUT2D eigenvalue weighted by atomic mass is 17.5. The van der Waals surface area contributed by atoms with E-state index in [0.717, 1.165) is 6.92 Å². The molecule has 4 nitrogen and oxygen atoms in total. The van der Waals surface area contributed by atoms with Crippen LogP contribution in [0.25, 0.3) is 0 Å². The molecule has 0 aliphatic heterocycles. The molecule has 0 radical (unpaired) electrons. The Bertz CT molecular complexity index is 49.5. The number of hydrogen-bond acceptors (Lipinski definition) is 4. The van der Waals surface area contributed by atoms with Crippen molar-refractivity contribution in [3.63, 3.8) is 0 Å². The van der Waals surface area contributed by atoms with E-state index in [1.807, 2.05) is 0 Å². The van der Waals surface area contributed by atoms with Gasteiger partial charge in [0.15, 0.2) is 0 Å². The third-order valence-electron chi connectivity index (χ3n) is 0.155. The Morgan fingerprint density at radius 2 is 2.33 bits per heavy atom. The molecule has 0 aromatic rings. The number of hydrogen-bond donors (Lipinski definition) is 1. The second-order valence-corrected chi connectivity index (χ2v) is 0.649. The van der Waals surface area contributed by atoms with Gasteiger partial charge in [-0.15, -0.1) is 0 Å². The maximum atomic E-state index is 9.54. The summed E-state index contributed by atoms with van der Waals surface area (Å²) in [5, 5.41) is 10.2. The van der Waals surface area contributed by atoms with E-state index < -0.39 is 5.97 Å². The predicted molar refractivity (Wildman–Crippen MR) is 15.5 cm³/mol. The summed E-state index contributed by atoms with van der Waals surface area (Å²) in [6, 6.07) is 0. The van der Waals surface area contributed by atoms with Gasteiger partial charge in [0.05, 0.1) is 0 Å². The summed E-state index contributed by atoms with van der Waals surface area (Å²) in [5.41, 5.74) is 0. The Morgan fingerprint density at radius 1 is 1.83 bits per heavy atom. The monoisotopic (exact) mass is 92.0 g/mol. The maximum absolute atomic E-state index is 9.54. The van der Waals surface area contributed by atoms with Crippen LogP contribution in [0, 0.1) is 0 Å². The molecule has 0 amide bonds.